The molecule has 0 fully saturated rings. The first-order valence-corrected chi connectivity index (χ1v) is 8.17. The lowest BCUT2D eigenvalue weighted by Gasteiger charge is -2.07. The van der Waals surface area contributed by atoms with E-state index in [1.807, 2.05) is 6.92 Å². The Morgan fingerprint density at radius 1 is 1.35 bits per heavy atom. The monoisotopic (exact) mass is 332 g/mol. The molecule has 0 atom stereocenters. The van der Waals surface area contributed by atoms with Crippen LogP contribution in [0.5, 0.6) is 0 Å². The maximum Gasteiger partial charge on any atom is 0.256 e. The van der Waals surface area contributed by atoms with Crippen LogP contribution in [-0.4, -0.2) is 30.7 Å². The van der Waals surface area contributed by atoms with E-state index >= 15 is 0 Å². The highest BCUT2D eigenvalue weighted by Crippen LogP contribution is 2.13. The number of rotatable bonds is 5. The van der Waals surface area contributed by atoms with Crippen molar-refractivity contribution in [1.82, 2.24) is 14.5 Å². The van der Waals surface area contributed by atoms with Gasteiger partial charge in [0.25, 0.3) is 5.91 Å². The second-order valence-corrected chi connectivity index (χ2v) is 6.57. The summed E-state index contributed by atoms with van der Waals surface area (Å²) in [5.74, 6) is 2.40. The van der Waals surface area contributed by atoms with Crippen LogP contribution in [0.15, 0.2) is 35.2 Å². The molecule has 120 valence electrons. The molecule has 7 nitrogen and oxygen atoms in total. The van der Waals surface area contributed by atoms with Crippen LogP contribution in [0.4, 0.5) is 5.82 Å². The fraction of sp³-hybridized carbons (Fsp3) is 0.200. The Morgan fingerprint density at radius 3 is 2.52 bits per heavy atom. The lowest BCUT2D eigenvalue weighted by atomic mass is 10.2. The molecule has 8 heteroatoms. The number of hydrogen-bond acceptors (Lipinski definition) is 4. The van der Waals surface area contributed by atoms with Crippen molar-refractivity contribution in [3.63, 3.8) is 0 Å². The Morgan fingerprint density at radius 2 is 2.00 bits per heavy atom. The molecule has 0 saturated carbocycles. The summed E-state index contributed by atoms with van der Waals surface area (Å²) in [6, 6.07) is 7.30. The highest BCUT2D eigenvalue weighted by Gasteiger charge is 2.14. The minimum Gasteiger partial charge on any atom is -0.307 e. The second-order valence-electron chi connectivity index (χ2n) is 4.80. The zero-order valence-corrected chi connectivity index (χ0v) is 13.5. The summed E-state index contributed by atoms with van der Waals surface area (Å²) >= 11 is 0. The summed E-state index contributed by atoms with van der Waals surface area (Å²) in [5.41, 5.74) is 1.11. The molecule has 2 aromatic rings. The van der Waals surface area contributed by atoms with Crippen LogP contribution in [-0.2, 0) is 17.1 Å². The quantitative estimate of drug-likeness (QED) is 0.795. The minimum atomic E-state index is -3.67. The number of amides is 1. The van der Waals surface area contributed by atoms with Gasteiger partial charge >= 0.3 is 0 Å². The highest BCUT2D eigenvalue weighted by molar-refractivity contribution is 7.89. The van der Waals surface area contributed by atoms with Crippen molar-refractivity contribution in [3.05, 3.63) is 41.6 Å². The summed E-state index contributed by atoms with van der Waals surface area (Å²) < 4.78 is 27.6. The lowest BCUT2D eigenvalue weighted by Crippen LogP contribution is -2.24. The van der Waals surface area contributed by atoms with E-state index in [4.69, 9.17) is 6.42 Å². The number of aryl methyl sites for hydroxylation is 2. The van der Waals surface area contributed by atoms with Gasteiger partial charge in [0.15, 0.2) is 0 Å². The first kappa shape index (κ1) is 16.7. The molecule has 0 bridgehead atoms. The van der Waals surface area contributed by atoms with Gasteiger partial charge in [-0.05, 0) is 31.2 Å². The molecule has 0 unspecified atom stereocenters. The number of anilines is 1. The topological polar surface area (TPSA) is 93.1 Å². The first-order valence-electron chi connectivity index (χ1n) is 6.68. The van der Waals surface area contributed by atoms with Crippen molar-refractivity contribution in [1.29, 1.82) is 0 Å². The number of sulfonamides is 1. The first-order chi connectivity index (χ1) is 10.8. The number of carbonyl (C=O) groups is 1. The predicted octanol–water partition coefficient (Wildman–Crippen LogP) is 0.892. The van der Waals surface area contributed by atoms with Gasteiger partial charge in [0.1, 0.15) is 5.82 Å². The third-order valence-electron chi connectivity index (χ3n) is 3.03. The molecule has 0 aliphatic rings. The molecule has 0 radical (unpaired) electrons. The average Bonchev–Trinajstić information content (AvgIpc) is 2.83. The van der Waals surface area contributed by atoms with E-state index in [0.29, 0.717) is 11.4 Å². The third kappa shape index (κ3) is 3.97. The Balaban J connectivity index is 2.15. The van der Waals surface area contributed by atoms with Crippen molar-refractivity contribution in [2.45, 2.75) is 11.8 Å². The third-order valence-corrected chi connectivity index (χ3v) is 4.45. The van der Waals surface area contributed by atoms with Crippen LogP contribution in [0.2, 0.25) is 0 Å². The van der Waals surface area contributed by atoms with E-state index in [0.717, 1.165) is 5.69 Å². The molecule has 2 rings (SSSR count). The normalized spacial score (nSPS) is 11.0. The van der Waals surface area contributed by atoms with Gasteiger partial charge in [-0.3, -0.25) is 9.48 Å². The number of terminal acetylenes is 1. The van der Waals surface area contributed by atoms with Gasteiger partial charge < -0.3 is 5.32 Å². The van der Waals surface area contributed by atoms with Crippen LogP contribution in [0.3, 0.4) is 0 Å². The van der Waals surface area contributed by atoms with Crippen LogP contribution < -0.4 is 10.0 Å². The predicted molar refractivity (Wildman–Crippen MR) is 86.4 cm³/mol. The van der Waals surface area contributed by atoms with Gasteiger partial charge in [-0.15, -0.1) is 6.42 Å². The summed E-state index contributed by atoms with van der Waals surface area (Å²) in [6.07, 6.45) is 5.03. The van der Waals surface area contributed by atoms with Crippen LogP contribution in [0, 0.1) is 19.3 Å². The minimum absolute atomic E-state index is 0.0423. The lowest BCUT2D eigenvalue weighted by molar-refractivity contribution is 0.102. The average molecular weight is 332 g/mol. The van der Waals surface area contributed by atoms with Crippen molar-refractivity contribution in [3.8, 4) is 12.3 Å². The number of aromatic nitrogens is 2. The van der Waals surface area contributed by atoms with E-state index in [2.05, 4.69) is 21.1 Å². The van der Waals surface area contributed by atoms with Gasteiger partial charge in [-0.2, -0.15) is 9.82 Å². The summed E-state index contributed by atoms with van der Waals surface area (Å²) in [5, 5.41) is 6.84. The fourth-order valence-corrected chi connectivity index (χ4v) is 2.86. The standard InChI is InChI=1S/C15H16N4O3S/c1-4-9-16-23(21,22)13-7-5-12(6-8-13)15(20)17-14-10-11(2)18-19(14)3/h1,5-8,10,16H,9H2,2-3H3,(H,17,20). The molecule has 23 heavy (non-hydrogen) atoms. The molecular weight excluding hydrogens is 316 g/mol. The molecule has 1 heterocycles. The summed E-state index contributed by atoms with van der Waals surface area (Å²) in [6.45, 7) is 1.73. The van der Waals surface area contributed by atoms with Gasteiger partial charge in [0.2, 0.25) is 10.0 Å². The number of benzene rings is 1. The zero-order valence-electron chi connectivity index (χ0n) is 12.7. The van der Waals surface area contributed by atoms with E-state index in [1.54, 1.807) is 17.8 Å². The number of nitrogens with one attached hydrogen (secondary N) is 2. The van der Waals surface area contributed by atoms with Gasteiger partial charge in [-0.1, -0.05) is 5.92 Å². The maximum atomic E-state index is 12.2. The maximum absolute atomic E-state index is 12.2. The number of carbonyl (C=O) groups excluding carboxylic acids is 1. The zero-order chi connectivity index (χ0) is 17.0. The molecule has 1 aromatic carbocycles. The molecular formula is C15H16N4O3S. The Labute approximate surface area is 134 Å². The largest absolute Gasteiger partial charge is 0.307 e. The number of hydrogen-bond donors (Lipinski definition) is 2. The van der Waals surface area contributed by atoms with E-state index < -0.39 is 10.0 Å². The molecule has 2 N–H and O–H groups in total. The molecule has 0 aliphatic heterocycles. The molecule has 0 spiro atoms. The van der Waals surface area contributed by atoms with Gasteiger partial charge in [0.05, 0.1) is 17.1 Å². The molecule has 1 amide bonds. The second kappa shape index (κ2) is 6.64. The van der Waals surface area contributed by atoms with Crippen molar-refractivity contribution >= 4 is 21.7 Å². The van der Waals surface area contributed by atoms with Crippen LogP contribution in [0.1, 0.15) is 16.1 Å². The van der Waals surface area contributed by atoms with E-state index in [9.17, 15) is 13.2 Å². The highest BCUT2D eigenvalue weighted by atomic mass is 32.2. The van der Waals surface area contributed by atoms with Crippen molar-refractivity contribution in [2.75, 3.05) is 11.9 Å². The summed E-state index contributed by atoms with van der Waals surface area (Å²) in [4.78, 5) is 12.2. The Bertz CT molecular complexity index is 861. The Hall–Kier alpha value is -2.63. The van der Waals surface area contributed by atoms with Gasteiger partial charge in [0, 0.05) is 18.7 Å². The van der Waals surface area contributed by atoms with Crippen molar-refractivity contribution in [2.24, 2.45) is 7.05 Å². The van der Waals surface area contributed by atoms with Gasteiger partial charge in [-0.25, -0.2) is 8.42 Å². The summed E-state index contributed by atoms with van der Waals surface area (Å²) in [7, 11) is -1.95. The SMILES string of the molecule is C#CCNS(=O)(=O)c1ccc(C(=O)Nc2cc(C)nn2C)cc1. The number of nitrogens with zero attached hydrogens (tertiary/aromatic N) is 2. The molecule has 0 saturated heterocycles. The van der Waals surface area contributed by atoms with Crippen LogP contribution >= 0.6 is 0 Å². The fourth-order valence-electron chi connectivity index (χ4n) is 1.92. The van der Waals surface area contributed by atoms with Crippen molar-refractivity contribution < 1.29 is 13.2 Å². The van der Waals surface area contributed by atoms with E-state index in [1.165, 1.54) is 24.3 Å². The van der Waals surface area contributed by atoms with Crippen LogP contribution in [0.25, 0.3) is 0 Å². The Kier molecular flexibility index (Phi) is 4.83. The smallest absolute Gasteiger partial charge is 0.256 e. The van der Waals surface area contributed by atoms with E-state index in [-0.39, 0.29) is 17.3 Å². The molecule has 0 aliphatic carbocycles. The molecule has 1 aromatic heterocycles.